The van der Waals surface area contributed by atoms with Crippen LogP contribution in [0.4, 0.5) is 31.1 Å². The lowest BCUT2D eigenvalue weighted by atomic mass is 9.81. The quantitative estimate of drug-likeness (QED) is 0.149. The summed E-state index contributed by atoms with van der Waals surface area (Å²) in [6.45, 7) is 3.84. The maximum Gasteiger partial charge on any atom is 0.416 e. The Bertz CT molecular complexity index is 1170. The van der Waals surface area contributed by atoms with Crippen LogP contribution in [-0.4, -0.2) is 44.3 Å². The molecule has 0 saturated carbocycles. The molecule has 1 saturated heterocycles. The second kappa shape index (κ2) is 14.9. The molecule has 14 heteroatoms. The number of hydrogen-bond donors (Lipinski definition) is 4. The zero-order valence-electron chi connectivity index (χ0n) is 23.8. The summed E-state index contributed by atoms with van der Waals surface area (Å²) in [4.78, 5) is 24.1. The zero-order valence-corrected chi connectivity index (χ0v) is 23.8. The van der Waals surface area contributed by atoms with Gasteiger partial charge in [0, 0.05) is 19.2 Å². The molecule has 0 spiro atoms. The Morgan fingerprint density at radius 1 is 1.02 bits per heavy atom. The Hall–Kier alpha value is -3.36. The SMILES string of the molecule is CCCCOCC(=O)NNC(=O)N[C@H]1CC[C@@](CO[C@H](C)c2cc(C(F)(F)F)cc(C(F)(F)F)c2)(c2ccccc2)NC1. The molecule has 4 N–H and O–H groups in total. The van der Waals surface area contributed by atoms with Gasteiger partial charge in [-0.25, -0.2) is 10.2 Å². The van der Waals surface area contributed by atoms with E-state index >= 15 is 0 Å². The van der Waals surface area contributed by atoms with Gasteiger partial charge in [-0.05, 0) is 55.5 Å². The molecule has 3 rings (SSSR count). The van der Waals surface area contributed by atoms with E-state index in [2.05, 4.69) is 21.5 Å². The molecular formula is C29H36F6N4O4. The summed E-state index contributed by atoms with van der Waals surface area (Å²) in [5.41, 5.74) is 1.43. The van der Waals surface area contributed by atoms with E-state index in [1.165, 1.54) is 6.92 Å². The minimum absolute atomic E-state index is 0.0667. The van der Waals surface area contributed by atoms with E-state index < -0.39 is 47.1 Å². The normalized spacial score (nSPS) is 19.9. The second-order valence-corrected chi connectivity index (χ2v) is 10.4. The first-order chi connectivity index (χ1) is 20.2. The maximum absolute atomic E-state index is 13.4. The van der Waals surface area contributed by atoms with Crippen molar-refractivity contribution < 1.29 is 45.4 Å². The smallest absolute Gasteiger partial charge is 0.372 e. The van der Waals surface area contributed by atoms with Crippen molar-refractivity contribution in [3.8, 4) is 0 Å². The summed E-state index contributed by atoms with van der Waals surface area (Å²) >= 11 is 0. The van der Waals surface area contributed by atoms with Gasteiger partial charge in [0.1, 0.15) is 6.61 Å². The molecule has 43 heavy (non-hydrogen) atoms. The molecule has 0 aliphatic carbocycles. The average Bonchev–Trinajstić information content (AvgIpc) is 2.97. The van der Waals surface area contributed by atoms with E-state index in [9.17, 15) is 35.9 Å². The number of alkyl halides is 6. The van der Waals surface area contributed by atoms with E-state index in [1.54, 1.807) is 12.1 Å². The highest BCUT2D eigenvalue weighted by Crippen LogP contribution is 2.39. The summed E-state index contributed by atoms with van der Waals surface area (Å²) in [6.07, 6.45) is -8.41. The lowest BCUT2D eigenvalue weighted by Gasteiger charge is -2.42. The summed E-state index contributed by atoms with van der Waals surface area (Å²) in [6, 6.07) is 9.53. The number of rotatable bonds is 11. The lowest BCUT2D eigenvalue weighted by molar-refractivity contribution is -0.143. The van der Waals surface area contributed by atoms with Gasteiger partial charge in [-0.3, -0.25) is 10.2 Å². The van der Waals surface area contributed by atoms with Crippen molar-refractivity contribution in [2.75, 3.05) is 26.4 Å². The summed E-state index contributed by atoms with van der Waals surface area (Å²) in [5, 5.41) is 6.10. The van der Waals surface area contributed by atoms with Crippen molar-refractivity contribution in [3.63, 3.8) is 0 Å². The number of hydrazine groups is 1. The minimum Gasteiger partial charge on any atom is -0.372 e. The van der Waals surface area contributed by atoms with Crippen molar-refractivity contribution in [2.24, 2.45) is 0 Å². The number of halogens is 6. The van der Waals surface area contributed by atoms with Crippen molar-refractivity contribution in [3.05, 3.63) is 70.8 Å². The van der Waals surface area contributed by atoms with Gasteiger partial charge >= 0.3 is 18.4 Å². The first-order valence-corrected chi connectivity index (χ1v) is 13.9. The number of ether oxygens (including phenoxy) is 2. The van der Waals surface area contributed by atoms with E-state index in [0.717, 1.165) is 18.4 Å². The number of hydrogen-bond acceptors (Lipinski definition) is 5. The van der Waals surface area contributed by atoms with Crippen molar-refractivity contribution in [1.82, 2.24) is 21.5 Å². The molecule has 1 heterocycles. The molecule has 2 aromatic rings. The molecule has 3 atom stereocenters. The molecular weight excluding hydrogens is 582 g/mol. The number of piperidine rings is 1. The van der Waals surface area contributed by atoms with Crippen molar-refractivity contribution in [2.45, 2.75) is 69.6 Å². The number of unbranched alkanes of at least 4 members (excludes halogenated alkanes) is 1. The largest absolute Gasteiger partial charge is 0.416 e. The molecule has 1 fully saturated rings. The van der Waals surface area contributed by atoms with Gasteiger partial charge < -0.3 is 20.1 Å². The molecule has 0 bridgehead atoms. The average molecular weight is 619 g/mol. The van der Waals surface area contributed by atoms with Crippen LogP contribution in [-0.2, 0) is 32.2 Å². The molecule has 8 nitrogen and oxygen atoms in total. The molecule has 1 aliphatic heterocycles. The molecule has 0 unspecified atom stereocenters. The monoisotopic (exact) mass is 618 g/mol. The Labute approximate surface area is 245 Å². The van der Waals surface area contributed by atoms with Crippen LogP contribution < -0.4 is 21.5 Å². The highest BCUT2D eigenvalue weighted by atomic mass is 19.4. The fourth-order valence-electron chi connectivity index (χ4n) is 4.64. The van der Waals surface area contributed by atoms with Crippen molar-refractivity contribution >= 4 is 11.9 Å². The Kier molecular flexibility index (Phi) is 11.8. The number of carbonyl (C=O) groups is 2. The van der Waals surface area contributed by atoms with E-state index in [-0.39, 0.29) is 37.4 Å². The lowest BCUT2D eigenvalue weighted by Crippen LogP contribution is -2.59. The van der Waals surface area contributed by atoms with Gasteiger partial charge in [0.2, 0.25) is 0 Å². The predicted molar refractivity (Wildman–Crippen MR) is 145 cm³/mol. The van der Waals surface area contributed by atoms with E-state index in [0.29, 0.717) is 31.6 Å². The first-order valence-electron chi connectivity index (χ1n) is 13.9. The predicted octanol–water partition coefficient (Wildman–Crippen LogP) is 5.60. The summed E-state index contributed by atoms with van der Waals surface area (Å²) < 4.78 is 91.3. The van der Waals surface area contributed by atoms with Gasteiger partial charge in [-0.15, -0.1) is 0 Å². The standard InChI is InChI=1S/C29H36F6N4O4/c1-3-4-12-42-17-25(40)38-39-26(41)37-24-10-11-27(36-16-24,21-8-6-5-7-9-21)18-43-19(2)20-13-22(28(30,31)32)15-23(14-20)29(33,34)35/h5-9,13-15,19,24,36H,3-4,10-12,16-18H2,1-2H3,(H,38,40)(H2,37,39,41)/t19-,24+,27-/m1/s1. The molecule has 238 valence electrons. The first kappa shape index (κ1) is 34.1. The Morgan fingerprint density at radius 3 is 2.23 bits per heavy atom. The van der Waals surface area contributed by atoms with Gasteiger partial charge in [-0.2, -0.15) is 26.3 Å². The number of amides is 3. The third kappa shape index (κ3) is 10.1. The van der Waals surface area contributed by atoms with Crippen LogP contribution in [0.15, 0.2) is 48.5 Å². The highest BCUT2D eigenvalue weighted by molar-refractivity contribution is 5.81. The molecule has 0 radical (unpaired) electrons. The number of benzene rings is 2. The van der Waals surface area contributed by atoms with Gasteiger partial charge in [-0.1, -0.05) is 43.7 Å². The second-order valence-electron chi connectivity index (χ2n) is 10.4. The fourth-order valence-corrected chi connectivity index (χ4v) is 4.64. The fraction of sp³-hybridized carbons (Fsp3) is 0.517. The van der Waals surface area contributed by atoms with Gasteiger partial charge in [0.15, 0.2) is 0 Å². The summed E-state index contributed by atoms with van der Waals surface area (Å²) in [7, 11) is 0. The third-order valence-electron chi connectivity index (χ3n) is 7.12. The van der Waals surface area contributed by atoms with Crippen LogP contribution in [0.25, 0.3) is 0 Å². The van der Waals surface area contributed by atoms with Crippen LogP contribution in [0.3, 0.4) is 0 Å². The Balaban J connectivity index is 1.64. The van der Waals surface area contributed by atoms with Crippen LogP contribution in [0.2, 0.25) is 0 Å². The number of carbonyl (C=O) groups excluding carboxylic acids is 2. The number of nitrogens with one attached hydrogen (secondary N) is 4. The highest BCUT2D eigenvalue weighted by Gasteiger charge is 2.39. The van der Waals surface area contributed by atoms with Crippen molar-refractivity contribution in [1.29, 1.82) is 0 Å². The van der Waals surface area contributed by atoms with E-state index in [1.807, 2.05) is 25.1 Å². The minimum atomic E-state index is -4.97. The topological polar surface area (TPSA) is 101 Å². The van der Waals surface area contributed by atoms with Gasteiger partial charge in [0.25, 0.3) is 5.91 Å². The van der Waals surface area contributed by atoms with Crippen LogP contribution in [0.5, 0.6) is 0 Å². The molecule has 0 aromatic heterocycles. The molecule has 1 aliphatic rings. The van der Waals surface area contributed by atoms with E-state index in [4.69, 9.17) is 9.47 Å². The summed E-state index contributed by atoms with van der Waals surface area (Å²) in [5.74, 6) is -0.509. The van der Waals surface area contributed by atoms with Crippen LogP contribution in [0, 0.1) is 0 Å². The van der Waals surface area contributed by atoms with Crippen LogP contribution in [0.1, 0.15) is 67.9 Å². The third-order valence-corrected chi connectivity index (χ3v) is 7.12. The van der Waals surface area contributed by atoms with Gasteiger partial charge in [0.05, 0.1) is 29.4 Å². The molecule has 3 amide bonds. The zero-order chi connectivity index (χ0) is 31.7. The Morgan fingerprint density at radius 2 is 1.67 bits per heavy atom. The van der Waals surface area contributed by atoms with Crippen LogP contribution >= 0.6 is 0 Å². The number of urea groups is 1. The maximum atomic E-state index is 13.4. The molecule has 2 aromatic carbocycles.